The van der Waals surface area contributed by atoms with E-state index >= 15 is 0 Å². The lowest BCUT2D eigenvalue weighted by Crippen LogP contribution is -1.90. The van der Waals surface area contributed by atoms with Gasteiger partial charge in [0.2, 0.25) is 0 Å². The first-order valence-electron chi connectivity index (χ1n) is 16.6. The van der Waals surface area contributed by atoms with E-state index in [1.165, 1.54) is 134 Å². The molecule has 4 aromatic rings. The van der Waals surface area contributed by atoms with E-state index in [0.29, 0.717) is 0 Å². The van der Waals surface area contributed by atoms with Crippen LogP contribution in [0, 0.1) is 0 Å². The molecular formula is C41H52. The van der Waals surface area contributed by atoms with Gasteiger partial charge in [-0.25, -0.2) is 0 Å². The topological polar surface area (TPSA) is 0 Å². The van der Waals surface area contributed by atoms with Crippen LogP contribution in [-0.4, -0.2) is 0 Å². The Morgan fingerprint density at radius 1 is 0.293 bits per heavy atom. The Labute approximate surface area is 251 Å². The van der Waals surface area contributed by atoms with Gasteiger partial charge in [0.05, 0.1) is 0 Å². The Bertz CT molecular complexity index is 1130. The molecule has 0 nitrogen and oxygen atoms in total. The van der Waals surface area contributed by atoms with Gasteiger partial charge < -0.3 is 0 Å². The lowest BCUT2D eigenvalue weighted by Gasteiger charge is -2.08. The standard InChI is InChI=1S/C41H52/c1-3-5-7-9-11-13-15-34-17-25-38(26-18-34)40-29-21-36(22-30-40)33-37-23-31-41(32-24-37)39-27-19-35(20-28-39)16-14-12-10-8-6-4-2/h17-32H,3-16,33H2,1-2H3. The summed E-state index contributed by atoms with van der Waals surface area (Å²) in [5.74, 6) is 0. The molecule has 0 aromatic heterocycles. The van der Waals surface area contributed by atoms with Crippen molar-refractivity contribution >= 4 is 0 Å². The largest absolute Gasteiger partial charge is 0.0654 e. The van der Waals surface area contributed by atoms with Crippen molar-refractivity contribution in [2.45, 2.75) is 110 Å². The lowest BCUT2D eigenvalue weighted by molar-refractivity contribution is 0.607. The van der Waals surface area contributed by atoms with Crippen LogP contribution in [0.15, 0.2) is 97.1 Å². The highest BCUT2D eigenvalue weighted by atomic mass is 14.1. The summed E-state index contributed by atoms with van der Waals surface area (Å²) in [6.07, 6.45) is 19.7. The van der Waals surface area contributed by atoms with Crippen LogP contribution in [0.1, 0.15) is 113 Å². The van der Waals surface area contributed by atoms with E-state index in [1.54, 1.807) is 0 Å². The number of hydrogen-bond acceptors (Lipinski definition) is 0. The summed E-state index contributed by atoms with van der Waals surface area (Å²) < 4.78 is 0. The molecule has 0 aliphatic rings. The molecule has 0 unspecified atom stereocenters. The Kier molecular flexibility index (Phi) is 13.3. The Morgan fingerprint density at radius 3 is 0.878 bits per heavy atom. The average molecular weight is 545 g/mol. The van der Waals surface area contributed by atoms with E-state index in [9.17, 15) is 0 Å². The fourth-order valence-corrected chi connectivity index (χ4v) is 5.81. The van der Waals surface area contributed by atoms with E-state index < -0.39 is 0 Å². The fourth-order valence-electron chi connectivity index (χ4n) is 5.81. The van der Waals surface area contributed by atoms with Crippen molar-refractivity contribution in [3.05, 3.63) is 119 Å². The average Bonchev–Trinajstić information content (AvgIpc) is 3.02. The molecule has 0 heteroatoms. The maximum Gasteiger partial charge on any atom is -0.00258 e. The highest BCUT2D eigenvalue weighted by Crippen LogP contribution is 2.24. The van der Waals surface area contributed by atoms with Crippen molar-refractivity contribution in [3.8, 4) is 22.3 Å². The SMILES string of the molecule is CCCCCCCCc1ccc(-c2ccc(Cc3ccc(-c4ccc(CCCCCCCC)cc4)cc3)cc2)cc1. The Hall–Kier alpha value is -3.12. The predicted octanol–water partition coefficient (Wildman–Crippen LogP) is 12.4. The summed E-state index contributed by atoms with van der Waals surface area (Å²) in [6, 6.07) is 36.7. The minimum absolute atomic E-state index is 0.967. The summed E-state index contributed by atoms with van der Waals surface area (Å²) in [5.41, 5.74) is 10.9. The second-order valence-corrected chi connectivity index (χ2v) is 12.0. The highest BCUT2D eigenvalue weighted by molar-refractivity contribution is 5.65. The third kappa shape index (κ3) is 10.7. The van der Waals surface area contributed by atoms with Gasteiger partial charge in [0.25, 0.3) is 0 Å². The van der Waals surface area contributed by atoms with Crippen LogP contribution in [0.25, 0.3) is 22.3 Å². The Balaban J connectivity index is 1.23. The molecule has 0 bridgehead atoms. The van der Waals surface area contributed by atoms with Crippen molar-refractivity contribution < 1.29 is 0 Å². The zero-order valence-corrected chi connectivity index (χ0v) is 25.8. The maximum absolute atomic E-state index is 2.32. The maximum atomic E-state index is 2.32. The molecular weight excluding hydrogens is 492 g/mol. The minimum atomic E-state index is 0.967. The Morgan fingerprint density at radius 2 is 0.561 bits per heavy atom. The number of rotatable bonds is 18. The first kappa shape index (κ1) is 30.8. The van der Waals surface area contributed by atoms with E-state index in [1.807, 2.05) is 0 Å². The summed E-state index contributed by atoms with van der Waals surface area (Å²) in [6.45, 7) is 4.56. The van der Waals surface area contributed by atoms with Crippen LogP contribution in [-0.2, 0) is 19.3 Å². The van der Waals surface area contributed by atoms with Crippen molar-refractivity contribution in [2.75, 3.05) is 0 Å². The molecule has 0 atom stereocenters. The van der Waals surface area contributed by atoms with E-state index in [2.05, 4.69) is 111 Å². The molecule has 216 valence electrons. The molecule has 0 heterocycles. The zero-order valence-electron chi connectivity index (χ0n) is 25.8. The van der Waals surface area contributed by atoms with Crippen LogP contribution in [0.5, 0.6) is 0 Å². The quantitative estimate of drug-likeness (QED) is 0.109. The van der Waals surface area contributed by atoms with E-state index in [0.717, 1.165) is 6.42 Å². The van der Waals surface area contributed by atoms with Gasteiger partial charge in [0.1, 0.15) is 0 Å². The molecule has 4 rings (SSSR count). The number of hydrogen-bond donors (Lipinski definition) is 0. The third-order valence-electron chi connectivity index (χ3n) is 8.53. The molecule has 0 fully saturated rings. The second kappa shape index (κ2) is 17.6. The van der Waals surface area contributed by atoms with Gasteiger partial charge in [-0.3, -0.25) is 0 Å². The zero-order chi connectivity index (χ0) is 28.5. The predicted molar refractivity (Wildman–Crippen MR) is 181 cm³/mol. The van der Waals surface area contributed by atoms with Crippen molar-refractivity contribution in [1.82, 2.24) is 0 Å². The van der Waals surface area contributed by atoms with Crippen LogP contribution in [0.2, 0.25) is 0 Å². The van der Waals surface area contributed by atoms with Gasteiger partial charge in [-0.15, -0.1) is 0 Å². The summed E-state index contributed by atoms with van der Waals surface area (Å²) in [5, 5.41) is 0. The van der Waals surface area contributed by atoms with Crippen molar-refractivity contribution in [3.63, 3.8) is 0 Å². The monoisotopic (exact) mass is 544 g/mol. The minimum Gasteiger partial charge on any atom is -0.0654 e. The molecule has 0 N–H and O–H groups in total. The van der Waals surface area contributed by atoms with Crippen molar-refractivity contribution in [2.24, 2.45) is 0 Å². The molecule has 0 saturated carbocycles. The van der Waals surface area contributed by atoms with Crippen LogP contribution in [0.4, 0.5) is 0 Å². The van der Waals surface area contributed by atoms with Crippen LogP contribution in [0.3, 0.4) is 0 Å². The molecule has 0 spiro atoms. The van der Waals surface area contributed by atoms with Gasteiger partial charge >= 0.3 is 0 Å². The third-order valence-corrected chi connectivity index (χ3v) is 8.53. The first-order chi connectivity index (χ1) is 20.2. The molecule has 0 saturated heterocycles. The normalized spacial score (nSPS) is 11.2. The summed E-state index contributed by atoms with van der Waals surface area (Å²) in [4.78, 5) is 0. The molecule has 41 heavy (non-hydrogen) atoms. The van der Waals surface area contributed by atoms with Crippen LogP contribution >= 0.6 is 0 Å². The molecule has 0 aliphatic heterocycles. The first-order valence-corrected chi connectivity index (χ1v) is 16.6. The molecule has 0 radical (unpaired) electrons. The molecule has 0 amide bonds. The van der Waals surface area contributed by atoms with E-state index in [-0.39, 0.29) is 0 Å². The molecule has 4 aromatic carbocycles. The second-order valence-electron chi connectivity index (χ2n) is 12.0. The van der Waals surface area contributed by atoms with Gasteiger partial charge in [0.15, 0.2) is 0 Å². The van der Waals surface area contributed by atoms with Gasteiger partial charge in [-0.05, 0) is 76.6 Å². The van der Waals surface area contributed by atoms with Crippen molar-refractivity contribution in [1.29, 1.82) is 0 Å². The van der Waals surface area contributed by atoms with Gasteiger partial charge in [-0.1, -0.05) is 175 Å². The number of aryl methyl sites for hydroxylation is 2. The van der Waals surface area contributed by atoms with Crippen LogP contribution < -0.4 is 0 Å². The molecule has 0 aliphatic carbocycles. The smallest absolute Gasteiger partial charge is 0.00258 e. The lowest BCUT2D eigenvalue weighted by atomic mass is 9.97. The van der Waals surface area contributed by atoms with E-state index in [4.69, 9.17) is 0 Å². The number of unbranched alkanes of at least 4 members (excludes halogenated alkanes) is 10. The van der Waals surface area contributed by atoms with Gasteiger partial charge in [-0.2, -0.15) is 0 Å². The fraction of sp³-hybridized carbons (Fsp3) is 0.415. The van der Waals surface area contributed by atoms with Gasteiger partial charge in [0, 0.05) is 0 Å². The number of benzene rings is 4. The summed E-state index contributed by atoms with van der Waals surface area (Å²) in [7, 11) is 0. The summed E-state index contributed by atoms with van der Waals surface area (Å²) >= 11 is 0. The highest BCUT2D eigenvalue weighted by Gasteiger charge is 2.03.